The van der Waals surface area contributed by atoms with E-state index in [1.165, 1.54) is 38.3 Å². The average molecular weight is 337 g/mol. The van der Waals surface area contributed by atoms with E-state index in [-0.39, 0.29) is 27.8 Å². The predicted molar refractivity (Wildman–Crippen MR) is 96.1 cm³/mol. The summed E-state index contributed by atoms with van der Waals surface area (Å²) < 4.78 is 1.82. The summed E-state index contributed by atoms with van der Waals surface area (Å²) in [7, 11) is 0. The third-order valence-corrected chi connectivity index (χ3v) is 4.57. The number of aromatic hydroxyl groups is 1. The first-order valence-electron chi connectivity index (χ1n) is 8.58. The molecule has 0 aliphatic heterocycles. The molecule has 5 nitrogen and oxygen atoms in total. The smallest absolute Gasteiger partial charge is 0.264 e. The number of rotatable bonds is 4. The largest absolute Gasteiger partial charge is 0.494 e. The van der Waals surface area contributed by atoms with E-state index < -0.39 is 0 Å². The van der Waals surface area contributed by atoms with Gasteiger partial charge in [0.05, 0.1) is 0 Å². The Bertz CT molecular complexity index is 653. The number of aliphatic imine (C=N–C) groups is 1. The first kappa shape index (κ1) is 17.9. The van der Waals surface area contributed by atoms with Crippen LogP contribution in [0.1, 0.15) is 64.4 Å². The van der Waals surface area contributed by atoms with Crippen LogP contribution in [0.15, 0.2) is 9.79 Å². The van der Waals surface area contributed by atoms with E-state index in [0.717, 1.165) is 12.8 Å². The van der Waals surface area contributed by atoms with E-state index in [2.05, 4.69) is 9.98 Å². The van der Waals surface area contributed by atoms with Gasteiger partial charge in [-0.1, -0.05) is 46.0 Å². The van der Waals surface area contributed by atoms with Gasteiger partial charge in [0.2, 0.25) is 5.88 Å². The zero-order valence-corrected chi connectivity index (χ0v) is 14.9. The number of nitrogens with zero attached hydrogens (tertiary/aromatic N) is 2. The van der Waals surface area contributed by atoms with Gasteiger partial charge >= 0.3 is 0 Å². The van der Waals surface area contributed by atoms with Gasteiger partial charge in [-0.15, -0.1) is 0 Å². The van der Waals surface area contributed by atoms with Crippen LogP contribution < -0.4 is 5.56 Å². The highest BCUT2D eigenvalue weighted by Gasteiger charge is 2.14. The van der Waals surface area contributed by atoms with Gasteiger partial charge in [0.1, 0.15) is 5.56 Å². The molecule has 1 fully saturated rings. The Kier molecular flexibility index (Phi) is 6.57. The van der Waals surface area contributed by atoms with Gasteiger partial charge in [-0.05, 0) is 31.0 Å². The molecule has 0 aromatic carbocycles. The summed E-state index contributed by atoms with van der Waals surface area (Å²) in [6, 6.07) is 0.246. The summed E-state index contributed by atoms with van der Waals surface area (Å²) in [4.78, 5) is 19.3. The fourth-order valence-corrected chi connectivity index (χ4v) is 3.24. The number of H-pyrrole nitrogens is 1. The standard InChI is InChI=1S/C17H27N3O2S/c1-12(2)11-20-16(22)14(15(21)19-17(20)23)10-18-13-8-6-4-3-5-7-9-13/h10,12-13,22H,3-9,11H2,1-2H3,(H,19,21,23). The van der Waals surface area contributed by atoms with Crippen molar-refractivity contribution in [3.05, 3.63) is 20.7 Å². The molecule has 0 radical (unpaired) electrons. The van der Waals surface area contributed by atoms with Gasteiger partial charge in [0.15, 0.2) is 4.77 Å². The van der Waals surface area contributed by atoms with Crippen molar-refractivity contribution in [1.29, 1.82) is 0 Å². The van der Waals surface area contributed by atoms with E-state index in [1.807, 2.05) is 13.8 Å². The van der Waals surface area contributed by atoms with Gasteiger partial charge in [-0.25, -0.2) is 0 Å². The van der Waals surface area contributed by atoms with Gasteiger partial charge < -0.3 is 5.11 Å². The molecular weight excluding hydrogens is 310 g/mol. The van der Waals surface area contributed by atoms with Crippen LogP contribution in [-0.4, -0.2) is 26.9 Å². The third-order valence-electron chi connectivity index (χ3n) is 4.24. The number of nitrogens with one attached hydrogen (secondary N) is 1. The summed E-state index contributed by atoms with van der Waals surface area (Å²) in [5.74, 6) is 0.232. The zero-order chi connectivity index (χ0) is 16.8. The summed E-state index contributed by atoms with van der Waals surface area (Å²) in [6.07, 6.45) is 9.85. The van der Waals surface area contributed by atoms with Crippen molar-refractivity contribution in [3.63, 3.8) is 0 Å². The Labute approximate surface area is 142 Å². The van der Waals surface area contributed by atoms with E-state index in [9.17, 15) is 9.90 Å². The Hall–Kier alpha value is -1.43. The highest BCUT2D eigenvalue weighted by molar-refractivity contribution is 7.71. The van der Waals surface area contributed by atoms with E-state index in [0.29, 0.717) is 12.5 Å². The Morgan fingerprint density at radius 2 is 1.91 bits per heavy atom. The Balaban J connectivity index is 2.26. The maximum Gasteiger partial charge on any atom is 0.264 e. The minimum atomic E-state index is -0.373. The molecule has 1 aliphatic carbocycles. The zero-order valence-electron chi connectivity index (χ0n) is 14.0. The lowest BCUT2D eigenvalue weighted by molar-refractivity contribution is 0.380. The molecule has 128 valence electrons. The highest BCUT2D eigenvalue weighted by Crippen LogP contribution is 2.20. The Morgan fingerprint density at radius 3 is 2.52 bits per heavy atom. The van der Waals surface area contributed by atoms with E-state index >= 15 is 0 Å². The molecule has 6 heteroatoms. The quantitative estimate of drug-likeness (QED) is 0.648. The van der Waals surface area contributed by atoms with Crippen molar-refractivity contribution >= 4 is 18.4 Å². The lowest BCUT2D eigenvalue weighted by atomic mass is 9.97. The molecule has 0 spiro atoms. The summed E-state index contributed by atoms with van der Waals surface area (Å²) in [5.41, 5.74) is -0.164. The average Bonchev–Trinajstić information content (AvgIpc) is 2.44. The molecule has 2 rings (SSSR count). The van der Waals surface area contributed by atoms with Gasteiger partial charge in [0.25, 0.3) is 5.56 Å². The van der Waals surface area contributed by atoms with Gasteiger partial charge in [-0.3, -0.25) is 19.3 Å². The van der Waals surface area contributed by atoms with Crippen LogP contribution >= 0.6 is 12.2 Å². The van der Waals surface area contributed by atoms with Crippen molar-refractivity contribution in [2.24, 2.45) is 10.9 Å². The number of aromatic amines is 1. The summed E-state index contributed by atoms with van der Waals surface area (Å²) >= 11 is 5.15. The first-order valence-corrected chi connectivity index (χ1v) is 8.99. The molecule has 2 N–H and O–H groups in total. The second kappa shape index (κ2) is 8.43. The van der Waals surface area contributed by atoms with Crippen LogP contribution in [0.4, 0.5) is 0 Å². The van der Waals surface area contributed by atoms with Crippen molar-refractivity contribution < 1.29 is 5.11 Å². The second-order valence-electron chi connectivity index (χ2n) is 6.78. The van der Waals surface area contributed by atoms with Crippen molar-refractivity contribution in [2.75, 3.05) is 0 Å². The molecular formula is C17H27N3O2S. The van der Waals surface area contributed by atoms with Crippen LogP contribution in [0, 0.1) is 10.7 Å². The molecule has 0 unspecified atom stereocenters. The summed E-state index contributed by atoms with van der Waals surface area (Å²) in [6.45, 7) is 4.63. The van der Waals surface area contributed by atoms with E-state index in [4.69, 9.17) is 12.2 Å². The minimum absolute atomic E-state index is 0.0814. The number of hydrogen-bond donors (Lipinski definition) is 2. The molecule has 0 saturated heterocycles. The van der Waals surface area contributed by atoms with Crippen LogP contribution in [0.2, 0.25) is 0 Å². The maximum absolute atomic E-state index is 12.1. The van der Waals surface area contributed by atoms with Crippen LogP contribution in [0.25, 0.3) is 0 Å². The van der Waals surface area contributed by atoms with Crippen LogP contribution in [-0.2, 0) is 6.54 Å². The molecule has 1 aromatic rings. The summed E-state index contributed by atoms with van der Waals surface area (Å²) in [5, 5.41) is 10.4. The molecule has 0 amide bonds. The third kappa shape index (κ3) is 5.03. The van der Waals surface area contributed by atoms with Crippen LogP contribution in [0.3, 0.4) is 0 Å². The lowest BCUT2D eigenvalue weighted by Crippen LogP contribution is -2.20. The lowest BCUT2D eigenvalue weighted by Gasteiger charge is -2.16. The SMILES string of the molecule is CC(C)Cn1c(O)c(C=NC2CCCCCCC2)c(=O)[nH]c1=S. The topological polar surface area (TPSA) is 70.4 Å². The van der Waals surface area contributed by atoms with E-state index in [1.54, 1.807) is 4.57 Å². The normalized spacial score (nSPS) is 17.5. The monoisotopic (exact) mass is 337 g/mol. The Morgan fingerprint density at radius 1 is 1.30 bits per heavy atom. The number of hydrogen-bond acceptors (Lipinski definition) is 4. The molecule has 0 bridgehead atoms. The van der Waals surface area contributed by atoms with Gasteiger partial charge in [0, 0.05) is 18.8 Å². The molecule has 1 heterocycles. The van der Waals surface area contributed by atoms with Gasteiger partial charge in [-0.2, -0.15) is 0 Å². The van der Waals surface area contributed by atoms with Crippen molar-refractivity contribution in [2.45, 2.75) is 71.4 Å². The molecule has 23 heavy (non-hydrogen) atoms. The predicted octanol–water partition coefficient (Wildman–Crippen LogP) is 3.80. The molecule has 1 aromatic heterocycles. The minimum Gasteiger partial charge on any atom is -0.494 e. The fourth-order valence-electron chi connectivity index (χ4n) is 2.99. The molecule has 0 atom stereocenters. The van der Waals surface area contributed by atoms with Crippen molar-refractivity contribution in [3.8, 4) is 5.88 Å². The van der Waals surface area contributed by atoms with Crippen molar-refractivity contribution in [1.82, 2.24) is 9.55 Å². The molecule has 1 aliphatic rings. The molecule has 1 saturated carbocycles. The first-order chi connectivity index (χ1) is 11.0. The fraction of sp³-hybridized carbons (Fsp3) is 0.706. The van der Waals surface area contributed by atoms with Crippen LogP contribution in [0.5, 0.6) is 5.88 Å². The second-order valence-corrected chi connectivity index (χ2v) is 7.16. The highest BCUT2D eigenvalue weighted by atomic mass is 32.1. The number of aromatic nitrogens is 2. The maximum atomic E-state index is 12.1.